The van der Waals surface area contributed by atoms with Crippen molar-refractivity contribution in [1.82, 2.24) is 0 Å². The zero-order valence-corrected chi connectivity index (χ0v) is 11.9. The van der Waals surface area contributed by atoms with Crippen molar-refractivity contribution in [3.8, 4) is 6.07 Å². The summed E-state index contributed by atoms with van der Waals surface area (Å²) in [7, 11) is 1.95. The number of halogens is 2. The average Bonchev–Trinajstić information content (AvgIpc) is 2.43. The summed E-state index contributed by atoms with van der Waals surface area (Å²) >= 11 is 12.1. The zero-order valence-electron chi connectivity index (χ0n) is 10.4. The first kappa shape index (κ1) is 13.7. The fraction of sp³-hybridized carbons (Fsp3) is 0.133. The summed E-state index contributed by atoms with van der Waals surface area (Å²) in [5.74, 6) is 0. The molecule has 19 heavy (non-hydrogen) atoms. The van der Waals surface area contributed by atoms with Gasteiger partial charge in [-0.15, -0.1) is 0 Å². The third kappa shape index (κ3) is 3.41. The molecule has 0 saturated carbocycles. The van der Waals surface area contributed by atoms with Crippen molar-refractivity contribution < 1.29 is 0 Å². The Bertz CT molecular complexity index is 632. The molecular weight excluding hydrogens is 279 g/mol. The molecule has 0 aliphatic heterocycles. The number of nitrogens with zero attached hydrogens (tertiary/aromatic N) is 2. The first-order valence-electron chi connectivity index (χ1n) is 5.75. The number of hydrogen-bond acceptors (Lipinski definition) is 2. The molecule has 2 aromatic rings. The van der Waals surface area contributed by atoms with E-state index in [0.29, 0.717) is 22.2 Å². The van der Waals surface area contributed by atoms with Gasteiger partial charge in [-0.3, -0.25) is 0 Å². The molecule has 0 heterocycles. The first-order chi connectivity index (χ1) is 9.10. The van der Waals surface area contributed by atoms with E-state index in [4.69, 9.17) is 28.5 Å². The van der Waals surface area contributed by atoms with Gasteiger partial charge in [0, 0.05) is 29.3 Å². The molecule has 0 amide bonds. The topological polar surface area (TPSA) is 27.0 Å². The Balaban J connectivity index is 2.23. The predicted octanol–water partition coefficient (Wildman–Crippen LogP) is 4.50. The van der Waals surface area contributed by atoms with Crippen LogP contribution in [0.3, 0.4) is 0 Å². The number of rotatable bonds is 3. The summed E-state index contributed by atoms with van der Waals surface area (Å²) in [6, 6.07) is 15.0. The summed E-state index contributed by atoms with van der Waals surface area (Å²) in [6.07, 6.45) is 0. The van der Waals surface area contributed by atoms with E-state index in [0.717, 1.165) is 11.3 Å². The van der Waals surface area contributed by atoms with Crippen molar-refractivity contribution in [3.63, 3.8) is 0 Å². The SMILES string of the molecule is CN(Cc1cc(Cl)ccc1Cl)c1cccc(C#N)c1. The third-order valence-electron chi connectivity index (χ3n) is 2.83. The molecule has 2 nitrogen and oxygen atoms in total. The highest BCUT2D eigenvalue weighted by molar-refractivity contribution is 6.33. The molecule has 0 unspecified atom stereocenters. The van der Waals surface area contributed by atoms with Crippen LogP contribution in [-0.4, -0.2) is 7.05 Å². The molecule has 0 fully saturated rings. The molecule has 0 aliphatic carbocycles. The lowest BCUT2D eigenvalue weighted by atomic mass is 10.1. The fourth-order valence-electron chi connectivity index (χ4n) is 1.82. The molecular formula is C15H12Cl2N2. The van der Waals surface area contributed by atoms with Crippen molar-refractivity contribution in [2.24, 2.45) is 0 Å². The standard InChI is InChI=1S/C15H12Cl2N2/c1-19(14-4-2-3-11(7-14)9-18)10-12-8-13(16)5-6-15(12)17/h2-8H,10H2,1H3. The van der Waals surface area contributed by atoms with Gasteiger partial charge in [-0.25, -0.2) is 0 Å². The summed E-state index contributed by atoms with van der Waals surface area (Å²) in [5.41, 5.74) is 2.57. The smallest absolute Gasteiger partial charge is 0.0992 e. The van der Waals surface area contributed by atoms with Crippen LogP contribution in [0.1, 0.15) is 11.1 Å². The average molecular weight is 291 g/mol. The van der Waals surface area contributed by atoms with Crippen LogP contribution in [-0.2, 0) is 6.54 Å². The summed E-state index contributed by atoms with van der Waals surface area (Å²) < 4.78 is 0. The highest BCUT2D eigenvalue weighted by Gasteiger charge is 2.07. The van der Waals surface area contributed by atoms with Crippen LogP contribution in [0.25, 0.3) is 0 Å². The minimum absolute atomic E-state index is 0.633. The minimum atomic E-state index is 0.633. The van der Waals surface area contributed by atoms with Gasteiger partial charge < -0.3 is 4.90 Å². The van der Waals surface area contributed by atoms with E-state index in [1.54, 1.807) is 18.2 Å². The van der Waals surface area contributed by atoms with Crippen molar-refractivity contribution in [3.05, 3.63) is 63.6 Å². The van der Waals surface area contributed by atoms with E-state index in [2.05, 4.69) is 6.07 Å². The van der Waals surface area contributed by atoms with Crippen LogP contribution in [0, 0.1) is 11.3 Å². The molecule has 0 bridgehead atoms. The van der Waals surface area contributed by atoms with Crippen molar-refractivity contribution in [2.45, 2.75) is 6.54 Å². The second kappa shape index (κ2) is 5.97. The maximum atomic E-state index is 8.91. The lowest BCUT2D eigenvalue weighted by Gasteiger charge is -2.20. The van der Waals surface area contributed by atoms with Crippen LogP contribution in [0.2, 0.25) is 10.0 Å². The van der Waals surface area contributed by atoms with Crippen LogP contribution in [0.5, 0.6) is 0 Å². The first-order valence-corrected chi connectivity index (χ1v) is 6.51. The van der Waals surface area contributed by atoms with Crippen LogP contribution >= 0.6 is 23.2 Å². The molecule has 4 heteroatoms. The Morgan fingerprint density at radius 1 is 1.16 bits per heavy atom. The van der Waals surface area contributed by atoms with Gasteiger partial charge in [0.15, 0.2) is 0 Å². The molecule has 0 aromatic heterocycles. The molecule has 0 radical (unpaired) electrons. The zero-order chi connectivity index (χ0) is 13.8. The summed E-state index contributed by atoms with van der Waals surface area (Å²) in [4.78, 5) is 2.03. The quantitative estimate of drug-likeness (QED) is 0.832. The molecule has 2 aromatic carbocycles. The molecule has 0 atom stereocenters. The number of hydrogen-bond donors (Lipinski definition) is 0. The Morgan fingerprint density at radius 3 is 2.68 bits per heavy atom. The summed E-state index contributed by atoms with van der Waals surface area (Å²) in [6.45, 7) is 0.633. The largest absolute Gasteiger partial charge is 0.370 e. The second-order valence-electron chi connectivity index (χ2n) is 4.25. The molecule has 0 N–H and O–H groups in total. The van der Waals surface area contributed by atoms with E-state index in [1.165, 1.54) is 0 Å². The molecule has 0 saturated heterocycles. The molecule has 96 valence electrons. The molecule has 2 rings (SSSR count). The predicted molar refractivity (Wildman–Crippen MR) is 79.7 cm³/mol. The van der Waals surface area contributed by atoms with Crippen LogP contribution < -0.4 is 4.90 Å². The van der Waals surface area contributed by atoms with Gasteiger partial charge in [-0.2, -0.15) is 5.26 Å². The Morgan fingerprint density at radius 2 is 1.95 bits per heavy atom. The van der Waals surface area contributed by atoms with E-state index >= 15 is 0 Å². The Kier molecular flexibility index (Phi) is 4.31. The lowest BCUT2D eigenvalue weighted by molar-refractivity contribution is 0.923. The summed E-state index contributed by atoms with van der Waals surface area (Å²) in [5, 5.41) is 10.3. The van der Waals surface area contributed by atoms with Crippen molar-refractivity contribution in [1.29, 1.82) is 5.26 Å². The van der Waals surface area contributed by atoms with Crippen LogP contribution in [0.15, 0.2) is 42.5 Å². The fourth-order valence-corrected chi connectivity index (χ4v) is 2.20. The molecule has 0 spiro atoms. The number of benzene rings is 2. The van der Waals surface area contributed by atoms with Crippen molar-refractivity contribution in [2.75, 3.05) is 11.9 Å². The Hall–Kier alpha value is -1.69. The van der Waals surface area contributed by atoms with Gasteiger partial charge in [-0.05, 0) is 42.0 Å². The van der Waals surface area contributed by atoms with Gasteiger partial charge >= 0.3 is 0 Å². The third-order valence-corrected chi connectivity index (χ3v) is 3.44. The highest BCUT2D eigenvalue weighted by atomic mass is 35.5. The number of nitriles is 1. The maximum absolute atomic E-state index is 8.91. The van der Waals surface area contributed by atoms with Crippen molar-refractivity contribution >= 4 is 28.9 Å². The van der Waals surface area contributed by atoms with E-state index in [-0.39, 0.29) is 0 Å². The van der Waals surface area contributed by atoms with Gasteiger partial charge in [0.2, 0.25) is 0 Å². The van der Waals surface area contributed by atoms with E-state index in [9.17, 15) is 0 Å². The molecule has 0 aliphatic rings. The van der Waals surface area contributed by atoms with Gasteiger partial charge in [0.1, 0.15) is 0 Å². The second-order valence-corrected chi connectivity index (χ2v) is 5.10. The van der Waals surface area contributed by atoms with E-state index in [1.807, 2.05) is 36.2 Å². The van der Waals surface area contributed by atoms with Crippen LogP contribution in [0.4, 0.5) is 5.69 Å². The monoisotopic (exact) mass is 290 g/mol. The van der Waals surface area contributed by atoms with Gasteiger partial charge in [0.05, 0.1) is 11.6 Å². The van der Waals surface area contributed by atoms with Gasteiger partial charge in [-0.1, -0.05) is 29.3 Å². The number of anilines is 1. The normalized spacial score (nSPS) is 10.0. The van der Waals surface area contributed by atoms with Gasteiger partial charge in [0.25, 0.3) is 0 Å². The Labute approximate surface area is 122 Å². The minimum Gasteiger partial charge on any atom is -0.370 e. The van der Waals surface area contributed by atoms with E-state index < -0.39 is 0 Å². The lowest BCUT2D eigenvalue weighted by Crippen LogP contribution is -2.16. The maximum Gasteiger partial charge on any atom is 0.0992 e. The highest BCUT2D eigenvalue weighted by Crippen LogP contribution is 2.24.